The summed E-state index contributed by atoms with van der Waals surface area (Å²) in [5.41, 5.74) is 0.399. The molecule has 1 amide bonds. The topological polar surface area (TPSA) is 57.6 Å². The van der Waals surface area contributed by atoms with Gasteiger partial charge in [-0.15, -0.1) is 0 Å². The maximum atomic E-state index is 13.0. The summed E-state index contributed by atoms with van der Waals surface area (Å²) in [6, 6.07) is 18.7. The van der Waals surface area contributed by atoms with Gasteiger partial charge in [0, 0.05) is 30.5 Å². The molecule has 1 N–H and O–H groups in total. The van der Waals surface area contributed by atoms with E-state index in [1.807, 2.05) is 65.6 Å². The smallest absolute Gasteiger partial charge is 0.226 e. The van der Waals surface area contributed by atoms with Gasteiger partial charge in [-0.3, -0.25) is 9.59 Å². The summed E-state index contributed by atoms with van der Waals surface area (Å²) in [4.78, 5) is 27.6. The first-order valence-electron chi connectivity index (χ1n) is 9.74. The van der Waals surface area contributed by atoms with E-state index in [1.54, 1.807) is 0 Å². The Morgan fingerprint density at radius 3 is 2.41 bits per heavy atom. The number of benzene rings is 2. The van der Waals surface area contributed by atoms with Gasteiger partial charge in [0.25, 0.3) is 0 Å². The number of ketones is 1. The van der Waals surface area contributed by atoms with Crippen molar-refractivity contribution >= 4 is 11.7 Å². The van der Waals surface area contributed by atoms with Gasteiger partial charge in [-0.05, 0) is 24.8 Å². The van der Waals surface area contributed by atoms with Crippen LogP contribution in [0.25, 0.3) is 0 Å². The molecular weight excluding hydrogens is 338 g/mol. The van der Waals surface area contributed by atoms with Crippen molar-refractivity contribution < 1.29 is 14.7 Å². The molecule has 0 bridgehead atoms. The molecule has 4 rings (SSSR count). The first-order valence-corrected chi connectivity index (χ1v) is 9.74. The number of piperidine rings is 2. The van der Waals surface area contributed by atoms with Crippen LogP contribution in [0.5, 0.6) is 0 Å². The maximum Gasteiger partial charge on any atom is 0.226 e. The monoisotopic (exact) mass is 363 g/mol. The Hall–Kier alpha value is -2.46. The summed E-state index contributed by atoms with van der Waals surface area (Å²) in [5, 5.41) is 11.2. The zero-order valence-electron chi connectivity index (χ0n) is 15.4. The van der Waals surface area contributed by atoms with E-state index < -0.39 is 5.60 Å². The Labute approximate surface area is 159 Å². The fourth-order valence-corrected chi connectivity index (χ4v) is 4.70. The van der Waals surface area contributed by atoms with Crippen molar-refractivity contribution in [1.29, 1.82) is 0 Å². The van der Waals surface area contributed by atoms with Crippen molar-refractivity contribution in [2.24, 2.45) is 0 Å². The second-order valence-electron chi connectivity index (χ2n) is 7.81. The molecule has 2 aromatic carbocycles. The second kappa shape index (κ2) is 7.28. The van der Waals surface area contributed by atoms with Crippen molar-refractivity contribution in [3.63, 3.8) is 0 Å². The van der Waals surface area contributed by atoms with Gasteiger partial charge in [0.1, 0.15) is 5.60 Å². The van der Waals surface area contributed by atoms with Gasteiger partial charge in [0.05, 0.1) is 6.42 Å². The van der Waals surface area contributed by atoms with Crippen molar-refractivity contribution in [1.82, 2.24) is 4.90 Å². The van der Waals surface area contributed by atoms with Crippen molar-refractivity contribution in [3.05, 3.63) is 71.8 Å². The fourth-order valence-electron chi connectivity index (χ4n) is 4.70. The molecule has 2 heterocycles. The van der Waals surface area contributed by atoms with Gasteiger partial charge in [-0.2, -0.15) is 0 Å². The number of fused-ring (bicyclic) bond motifs is 1. The quantitative estimate of drug-likeness (QED) is 0.843. The lowest BCUT2D eigenvalue weighted by atomic mass is 9.76. The number of Topliss-reactive ketones (excluding diaryl/α,β-unsaturated/α-hetero) is 1. The minimum absolute atomic E-state index is 0.00113. The van der Waals surface area contributed by atoms with E-state index in [4.69, 9.17) is 0 Å². The van der Waals surface area contributed by atoms with E-state index in [2.05, 4.69) is 0 Å². The number of amides is 1. The Morgan fingerprint density at radius 1 is 1.04 bits per heavy atom. The third-order valence-electron chi connectivity index (χ3n) is 5.99. The summed E-state index contributed by atoms with van der Waals surface area (Å²) >= 11 is 0. The molecule has 0 radical (unpaired) electrons. The molecule has 0 spiro atoms. The SMILES string of the molecule is O=C(C[C@@H]1CCC[C@@H]2C[C@](O)(c3ccccc3)CC(=O)N21)c1ccccc1. The summed E-state index contributed by atoms with van der Waals surface area (Å²) in [7, 11) is 0. The average Bonchev–Trinajstić information content (AvgIpc) is 2.69. The first-order chi connectivity index (χ1) is 13.1. The van der Waals surface area contributed by atoms with Crippen LogP contribution >= 0.6 is 0 Å². The highest BCUT2D eigenvalue weighted by atomic mass is 16.3. The van der Waals surface area contributed by atoms with Gasteiger partial charge in [0.15, 0.2) is 5.78 Å². The van der Waals surface area contributed by atoms with Crippen LogP contribution < -0.4 is 0 Å². The third kappa shape index (κ3) is 3.54. The van der Waals surface area contributed by atoms with Crippen LogP contribution in [0.1, 0.15) is 54.4 Å². The number of nitrogens with zero attached hydrogens (tertiary/aromatic N) is 1. The van der Waals surface area contributed by atoms with E-state index in [-0.39, 0.29) is 30.2 Å². The molecule has 0 aliphatic carbocycles. The zero-order valence-corrected chi connectivity index (χ0v) is 15.4. The van der Waals surface area contributed by atoms with Crippen LogP contribution in [0, 0.1) is 0 Å². The van der Waals surface area contributed by atoms with Gasteiger partial charge in [-0.1, -0.05) is 60.7 Å². The molecular formula is C23H25NO3. The number of aliphatic hydroxyl groups is 1. The van der Waals surface area contributed by atoms with Crippen LogP contribution in [0.2, 0.25) is 0 Å². The zero-order chi connectivity index (χ0) is 18.9. The standard InChI is InChI=1S/C23H25NO3/c25-21(17-8-3-1-4-9-17)14-19-12-7-13-20-15-23(27,16-22(26)24(19)20)18-10-5-2-6-11-18/h1-6,8-11,19-20,27H,7,12-16H2/t19-,20+,23+/m0/s1. The van der Waals surface area contributed by atoms with E-state index in [9.17, 15) is 14.7 Å². The molecule has 2 aliphatic rings. The summed E-state index contributed by atoms with van der Waals surface area (Å²) in [6.07, 6.45) is 3.70. The van der Waals surface area contributed by atoms with E-state index in [0.717, 1.165) is 24.8 Å². The number of carbonyl (C=O) groups is 2. The van der Waals surface area contributed by atoms with Crippen molar-refractivity contribution in [3.8, 4) is 0 Å². The maximum absolute atomic E-state index is 13.0. The Morgan fingerprint density at radius 2 is 1.70 bits per heavy atom. The molecule has 140 valence electrons. The molecule has 3 atom stereocenters. The Bertz CT molecular complexity index is 820. The number of carbonyl (C=O) groups excluding carboxylic acids is 2. The van der Waals surface area contributed by atoms with Crippen LogP contribution in [0.3, 0.4) is 0 Å². The molecule has 4 heteroatoms. The third-order valence-corrected chi connectivity index (χ3v) is 5.99. The van der Waals surface area contributed by atoms with Gasteiger partial charge in [0.2, 0.25) is 5.91 Å². The number of rotatable bonds is 4. The predicted octanol–water partition coefficient (Wildman–Crippen LogP) is 3.69. The molecule has 27 heavy (non-hydrogen) atoms. The lowest BCUT2D eigenvalue weighted by molar-refractivity contribution is -0.156. The van der Waals surface area contributed by atoms with Gasteiger partial charge >= 0.3 is 0 Å². The summed E-state index contributed by atoms with van der Waals surface area (Å²) in [5.74, 6) is 0.0427. The van der Waals surface area contributed by atoms with Crippen LogP contribution in [-0.2, 0) is 10.4 Å². The highest BCUT2D eigenvalue weighted by molar-refractivity contribution is 5.96. The summed E-state index contributed by atoms with van der Waals surface area (Å²) < 4.78 is 0. The average molecular weight is 363 g/mol. The van der Waals surface area contributed by atoms with Crippen molar-refractivity contribution in [2.75, 3.05) is 0 Å². The molecule has 2 aliphatic heterocycles. The van der Waals surface area contributed by atoms with Crippen LogP contribution in [0.15, 0.2) is 60.7 Å². The molecule has 0 aromatic heterocycles. The minimum Gasteiger partial charge on any atom is -0.385 e. The van der Waals surface area contributed by atoms with Crippen LogP contribution in [-0.4, -0.2) is 33.8 Å². The number of hydrogen-bond acceptors (Lipinski definition) is 3. The van der Waals surface area contributed by atoms with Crippen LogP contribution in [0.4, 0.5) is 0 Å². The fraction of sp³-hybridized carbons (Fsp3) is 0.391. The largest absolute Gasteiger partial charge is 0.385 e. The normalized spacial score (nSPS) is 27.9. The first kappa shape index (κ1) is 17.9. The minimum atomic E-state index is -1.11. The lowest BCUT2D eigenvalue weighted by Crippen LogP contribution is -2.58. The highest BCUT2D eigenvalue weighted by Gasteiger charge is 2.47. The highest BCUT2D eigenvalue weighted by Crippen LogP contribution is 2.41. The predicted molar refractivity (Wildman–Crippen MR) is 103 cm³/mol. The molecule has 2 fully saturated rings. The van der Waals surface area contributed by atoms with E-state index in [0.29, 0.717) is 18.4 Å². The molecule has 0 unspecified atom stereocenters. The second-order valence-corrected chi connectivity index (χ2v) is 7.81. The lowest BCUT2D eigenvalue weighted by Gasteiger charge is -2.49. The summed E-state index contributed by atoms with van der Waals surface area (Å²) in [6.45, 7) is 0. The Balaban J connectivity index is 1.53. The van der Waals surface area contributed by atoms with Crippen molar-refractivity contribution in [2.45, 2.75) is 56.2 Å². The molecule has 4 nitrogen and oxygen atoms in total. The van der Waals surface area contributed by atoms with E-state index in [1.165, 1.54) is 0 Å². The van der Waals surface area contributed by atoms with Gasteiger partial charge in [-0.25, -0.2) is 0 Å². The van der Waals surface area contributed by atoms with Gasteiger partial charge < -0.3 is 10.0 Å². The number of hydrogen-bond donors (Lipinski definition) is 1. The molecule has 0 saturated carbocycles. The Kier molecular flexibility index (Phi) is 4.83. The molecule has 2 saturated heterocycles. The van der Waals surface area contributed by atoms with E-state index >= 15 is 0 Å². The molecule has 2 aromatic rings.